The van der Waals surface area contributed by atoms with Crippen molar-refractivity contribution in [3.8, 4) is 5.75 Å². The zero-order valence-electron chi connectivity index (χ0n) is 17.1. The van der Waals surface area contributed by atoms with Crippen molar-refractivity contribution in [2.75, 3.05) is 33.3 Å². The van der Waals surface area contributed by atoms with Crippen molar-refractivity contribution in [3.05, 3.63) is 29.3 Å². The van der Waals surface area contributed by atoms with Crippen molar-refractivity contribution in [3.63, 3.8) is 0 Å². The Labute approximate surface area is 154 Å². The van der Waals surface area contributed by atoms with Crippen LogP contribution in [0, 0.1) is 11.8 Å². The molecular formula is C22H38N2O. The molecule has 1 unspecified atom stereocenters. The minimum absolute atomic E-state index is 0.140. The lowest BCUT2D eigenvalue weighted by atomic mass is 9.77. The number of likely N-dealkylation sites (tertiary alicyclic amines) is 1. The summed E-state index contributed by atoms with van der Waals surface area (Å²) in [6.07, 6.45) is 2.47. The lowest BCUT2D eigenvalue weighted by molar-refractivity contribution is 0.154. The summed E-state index contributed by atoms with van der Waals surface area (Å²) in [5, 5.41) is 0. The Hall–Kier alpha value is -1.06. The Kier molecular flexibility index (Phi) is 6.93. The van der Waals surface area contributed by atoms with Gasteiger partial charge in [-0.1, -0.05) is 46.8 Å². The summed E-state index contributed by atoms with van der Waals surface area (Å²) < 4.78 is 5.69. The van der Waals surface area contributed by atoms with Crippen LogP contribution < -0.4 is 10.5 Å². The number of ether oxygens (including phenoxy) is 1. The van der Waals surface area contributed by atoms with E-state index in [0.717, 1.165) is 11.7 Å². The molecule has 1 atom stereocenters. The maximum atomic E-state index is 6.26. The second-order valence-electron chi connectivity index (χ2n) is 9.08. The Bertz CT molecular complexity index is 539. The molecular weight excluding hydrogens is 308 g/mol. The van der Waals surface area contributed by atoms with Crippen LogP contribution in [0.2, 0.25) is 0 Å². The SMILES string of the molecule is COc1ccc(C(C)(C)C)cc1C(CN)C1CCN(CC(C)C)CC1. The fourth-order valence-corrected chi connectivity index (χ4v) is 4.12. The molecule has 0 radical (unpaired) electrons. The molecule has 1 fully saturated rings. The van der Waals surface area contributed by atoms with Crippen LogP contribution in [0.3, 0.4) is 0 Å². The van der Waals surface area contributed by atoms with Crippen LogP contribution in [-0.2, 0) is 5.41 Å². The van der Waals surface area contributed by atoms with E-state index < -0.39 is 0 Å². The van der Waals surface area contributed by atoms with Gasteiger partial charge < -0.3 is 15.4 Å². The average Bonchev–Trinajstić information content (AvgIpc) is 2.55. The summed E-state index contributed by atoms with van der Waals surface area (Å²) >= 11 is 0. The zero-order valence-corrected chi connectivity index (χ0v) is 17.1. The third-order valence-corrected chi connectivity index (χ3v) is 5.57. The van der Waals surface area contributed by atoms with Crippen molar-refractivity contribution < 1.29 is 4.74 Å². The summed E-state index contributed by atoms with van der Waals surface area (Å²) in [7, 11) is 1.77. The fraction of sp³-hybridized carbons (Fsp3) is 0.727. The predicted octanol–water partition coefficient (Wildman–Crippen LogP) is 4.40. The van der Waals surface area contributed by atoms with Crippen LogP contribution in [0.5, 0.6) is 5.75 Å². The number of hydrogen-bond acceptors (Lipinski definition) is 3. The average molecular weight is 347 g/mol. The van der Waals surface area contributed by atoms with Gasteiger partial charge in [0, 0.05) is 12.5 Å². The van der Waals surface area contributed by atoms with Gasteiger partial charge in [0.05, 0.1) is 7.11 Å². The molecule has 1 aromatic carbocycles. The Morgan fingerprint density at radius 3 is 2.32 bits per heavy atom. The first-order chi connectivity index (χ1) is 11.8. The highest BCUT2D eigenvalue weighted by Crippen LogP contribution is 2.39. The Balaban J connectivity index is 2.20. The molecule has 0 bridgehead atoms. The lowest BCUT2D eigenvalue weighted by Crippen LogP contribution is -2.39. The molecule has 1 saturated heterocycles. The normalized spacial score (nSPS) is 18.6. The van der Waals surface area contributed by atoms with Crippen molar-refractivity contribution >= 4 is 0 Å². The number of hydrogen-bond donors (Lipinski definition) is 1. The van der Waals surface area contributed by atoms with Crippen molar-refractivity contribution in [1.82, 2.24) is 4.90 Å². The molecule has 2 N–H and O–H groups in total. The van der Waals surface area contributed by atoms with Gasteiger partial charge in [-0.2, -0.15) is 0 Å². The predicted molar refractivity (Wildman–Crippen MR) is 107 cm³/mol. The molecule has 1 aromatic rings. The van der Waals surface area contributed by atoms with E-state index in [4.69, 9.17) is 10.5 Å². The van der Waals surface area contributed by atoms with Gasteiger partial charge in [0.1, 0.15) is 5.75 Å². The van der Waals surface area contributed by atoms with Gasteiger partial charge in [-0.25, -0.2) is 0 Å². The van der Waals surface area contributed by atoms with Gasteiger partial charge in [-0.05, 0) is 66.9 Å². The molecule has 3 heteroatoms. The molecule has 0 amide bonds. The van der Waals surface area contributed by atoms with Crippen LogP contribution in [0.15, 0.2) is 18.2 Å². The number of methoxy groups -OCH3 is 1. The molecule has 1 aliphatic rings. The van der Waals surface area contributed by atoms with Crippen LogP contribution in [0.25, 0.3) is 0 Å². The van der Waals surface area contributed by atoms with E-state index in [-0.39, 0.29) is 5.41 Å². The van der Waals surface area contributed by atoms with Gasteiger partial charge in [-0.3, -0.25) is 0 Å². The number of nitrogens with zero attached hydrogens (tertiary/aromatic N) is 1. The zero-order chi connectivity index (χ0) is 18.6. The van der Waals surface area contributed by atoms with E-state index in [1.807, 2.05) is 0 Å². The second-order valence-corrected chi connectivity index (χ2v) is 9.08. The molecule has 0 aromatic heterocycles. The first-order valence-electron chi connectivity index (χ1n) is 9.87. The monoisotopic (exact) mass is 346 g/mol. The van der Waals surface area contributed by atoms with E-state index in [1.54, 1.807) is 7.11 Å². The van der Waals surface area contributed by atoms with Gasteiger partial charge in [-0.15, -0.1) is 0 Å². The Morgan fingerprint density at radius 1 is 1.20 bits per heavy atom. The van der Waals surface area contributed by atoms with E-state index in [1.165, 1.54) is 43.6 Å². The highest BCUT2D eigenvalue weighted by molar-refractivity contribution is 5.42. The molecule has 1 aliphatic heterocycles. The molecule has 0 spiro atoms. The third-order valence-electron chi connectivity index (χ3n) is 5.57. The highest BCUT2D eigenvalue weighted by atomic mass is 16.5. The van der Waals surface area contributed by atoms with Crippen LogP contribution in [0.4, 0.5) is 0 Å². The first-order valence-corrected chi connectivity index (χ1v) is 9.87. The van der Waals surface area contributed by atoms with E-state index in [2.05, 4.69) is 57.7 Å². The van der Waals surface area contributed by atoms with Crippen LogP contribution in [0.1, 0.15) is 64.5 Å². The van der Waals surface area contributed by atoms with Crippen molar-refractivity contribution in [1.29, 1.82) is 0 Å². The molecule has 2 rings (SSSR count). The topological polar surface area (TPSA) is 38.5 Å². The summed E-state index contributed by atoms with van der Waals surface area (Å²) in [5.74, 6) is 2.77. The lowest BCUT2D eigenvalue weighted by Gasteiger charge is -2.37. The summed E-state index contributed by atoms with van der Waals surface area (Å²) in [5.41, 5.74) is 9.07. The molecule has 0 aliphatic carbocycles. The number of nitrogens with two attached hydrogens (primary N) is 1. The van der Waals surface area contributed by atoms with Gasteiger partial charge >= 0.3 is 0 Å². The smallest absolute Gasteiger partial charge is 0.122 e. The molecule has 25 heavy (non-hydrogen) atoms. The largest absolute Gasteiger partial charge is 0.496 e. The molecule has 1 heterocycles. The van der Waals surface area contributed by atoms with Gasteiger partial charge in [0.15, 0.2) is 0 Å². The number of rotatable bonds is 6. The molecule has 142 valence electrons. The summed E-state index contributed by atoms with van der Waals surface area (Å²) in [6, 6.07) is 6.67. The van der Waals surface area contributed by atoms with E-state index >= 15 is 0 Å². The minimum atomic E-state index is 0.140. The molecule has 0 saturated carbocycles. The summed E-state index contributed by atoms with van der Waals surface area (Å²) in [6.45, 7) is 15.7. The maximum absolute atomic E-state index is 6.26. The van der Waals surface area contributed by atoms with Gasteiger partial charge in [0.2, 0.25) is 0 Å². The van der Waals surface area contributed by atoms with Crippen molar-refractivity contribution in [2.24, 2.45) is 17.6 Å². The third kappa shape index (κ3) is 5.21. The fourth-order valence-electron chi connectivity index (χ4n) is 4.12. The molecule has 3 nitrogen and oxygen atoms in total. The van der Waals surface area contributed by atoms with Gasteiger partial charge in [0.25, 0.3) is 0 Å². The summed E-state index contributed by atoms with van der Waals surface area (Å²) in [4.78, 5) is 2.61. The van der Waals surface area contributed by atoms with Crippen LogP contribution >= 0.6 is 0 Å². The number of piperidine rings is 1. The quantitative estimate of drug-likeness (QED) is 0.829. The minimum Gasteiger partial charge on any atom is -0.496 e. The van der Waals surface area contributed by atoms with E-state index in [0.29, 0.717) is 18.4 Å². The first kappa shape index (κ1) is 20.3. The van der Waals surface area contributed by atoms with Crippen LogP contribution in [-0.4, -0.2) is 38.2 Å². The number of benzene rings is 1. The Morgan fingerprint density at radius 2 is 1.84 bits per heavy atom. The standard InChI is InChI=1S/C22H38N2O/c1-16(2)15-24-11-9-17(10-12-24)20(14-23)19-13-18(22(3,4)5)7-8-21(19)25-6/h7-8,13,16-17,20H,9-12,14-15,23H2,1-6H3. The highest BCUT2D eigenvalue weighted by Gasteiger charge is 2.29. The maximum Gasteiger partial charge on any atom is 0.122 e. The second kappa shape index (κ2) is 8.55. The van der Waals surface area contributed by atoms with Crippen molar-refractivity contribution in [2.45, 2.75) is 58.8 Å². The van der Waals surface area contributed by atoms with E-state index in [9.17, 15) is 0 Å².